The highest BCUT2D eigenvalue weighted by Gasteiger charge is 2.01. The van der Waals surface area contributed by atoms with Gasteiger partial charge in [-0.15, -0.1) is 11.3 Å². The normalized spacial score (nSPS) is 10.7. The van der Waals surface area contributed by atoms with Crippen LogP contribution in [0.2, 0.25) is 0 Å². The Morgan fingerprint density at radius 1 is 1.11 bits per heavy atom. The number of nitrogens with zero attached hydrogens (tertiary/aromatic N) is 2. The van der Waals surface area contributed by atoms with Gasteiger partial charge in [0.15, 0.2) is 0 Å². The number of fused-ring (bicyclic) bond motifs is 1. The zero-order valence-corrected chi connectivity index (χ0v) is 10.7. The van der Waals surface area contributed by atoms with Crippen LogP contribution in [0.3, 0.4) is 0 Å². The monoisotopic (exact) mass is 255 g/mol. The molecular formula is C14H13N3S. The number of hydrogen-bond acceptors (Lipinski definition) is 4. The van der Waals surface area contributed by atoms with Gasteiger partial charge in [-0.2, -0.15) is 10.2 Å². The van der Waals surface area contributed by atoms with E-state index in [1.165, 1.54) is 4.88 Å². The van der Waals surface area contributed by atoms with Crippen LogP contribution in [0.25, 0.3) is 10.9 Å². The van der Waals surface area contributed by atoms with Gasteiger partial charge in [0.2, 0.25) is 0 Å². The molecule has 18 heavy (non-hydrogen) atoms. The molecular weight excluding hydrogens is 242 g/mol. The highest BCUT2D eigenvalue weighted by molar-refractivity contribution is 7.09. The van der Waals surface area contributed by atoms with E-state index in [1.54, 1.807) is 17.5 Å². The Hall–Kier alpha value is -1.94. The van der Waals surface area contributed by atoms with Crippen LogP contribution in [0.5, 0.6) is 0 Å². The van der Waals surface area contributed by atoms with E-state index in [2.05, 4.69) is 39.1 Å². The molecule has 1 aromatic carbocycles. The number of benzene rings is 1. The highest BCUT2D eigenvalue weighted by Crippen LogP contribution is 2.19. The van der Waals surface area contributed by atoms with E-state index >= 15 is 0 Å². The van der Waals surface area contributed by atoms with E-state index in [9.17, 15) is 0 Å². The number of thiophene rings is 1. The summed E-state index contributed by atoms with van der Waals surface area (Å²) >= 11 is 1.79. The molecule has 0 bridgehead atoms. The van der Waals surface area contributed by atoms with Gasteiger partial charge >= 0.3 is 0 Å². The molecule has 2 aromatic heterocycles. The second-order valence-electron chi connectivity index (χ2n) is 4.03. The van der Waals surface area contributed by atoms with E-state index in [4.69, 9.17) is 0 Å². The Bertz CT molecular complexity index is 629. The third-order valence-corrected chi connectivity index (χ3v) is 3.75. The first-order chi connectivity index (χ1) is 8.93. The van der Waals surface area contributed by atoms with E-state index < -0.39 is 0 Å². The molecule has 0 saturated carbocycles. The molecule has 0 atom stereocenters. The van der Waals surface area contributed by atoms with Crippen molar-refractivity contribution in [3.05, 3.63) is 52.9 Å². The molecule has 0 fully saturated rings. The first-order valence-corrected chi connectivity index (χ1v) is 6.78. The Morgan fingerprint density at radius 2 is 2.06 bits per heavy atom. The summed E-state index contributed by atoms with van der Waals surface area (Å²) in [4.78, 5) is 1.40. The standard InChI is InChI=1S/C14H13N3S/c1-2-6-13-12(5-1)14(10-16-17-13)15-8-7-11-4-3-9-18-11/h1-6,9-10H,7-8H2,(H,15,17). The summed E-state index contributed by atoms with van der Waals surface area (Å²) in [6, 6.07) is 12.3. The third-order valence-electron chi connectivity index (χ3n) is 2.81. The summed E-state index contributed by atoms with van der Waals surface area (Å²) in [6.07, 6.45) is 2.82. The molecule has 0 aliphatic heterocycles. The van der Waals surface area contributed by atoms with E-state index in [0.717, 1.165) is 29.6 Å². The highest BCUT2D eigenvalue weighted by atomic mass is 32.1. The quantitative estimate of drug-likeness (QED) is 0.777. The number of aromatic nitrogens is 2. The van der Waals surface area contributed by atoms with Gasteiger partial charge in [-0.1, -0.05) is 24.3 Å². The molecule has 3 aromatic rings. The average molecular weight is 255 g/mol. The summed E-state index contributed by atoms with van der Waals surface area (Å²) in [5.41, 5.74) is 1.98. The van der Waals surface area contributed by atoms with Crippen molar-refractivity contribution in [2.24, 2.45) is 0 Å². The van der Waals surface area contributed by atoms with Gasteiger partial charge in [0, 0.05) is 16.8 Å². The molecule has 0 aliphatic rings. The lowest BCUT2D eigenvalue weighted by atomic mass is 10.2. The van der Waals surface area contributed by atoms with Crippen molar-refractivity contribution < 1.29 is 0 Å². The molecule has 0 unspecified atom stereocenters. The van der Waals surface area contributed by atoms with E-state index in [1.807, 2.05) is 18.2 Å². The smallest absolute Gasteiger partial charge is 0.0950 e. The maximum Gasteiger partial charge on any atom is 0.0950 e. The zero-order chi connectivity index (χ0) is 12.2. The van der Waals surface area contributed by atoms with Gasteiger partial charge in [0.1, 0.15) is 0 Å². The fraction of sp³-hybridized carbons (Fsp3) is 0.143. The number of hydrogen-bond donors (Lipinski definition) is 1. The average Bonchev–Trinajstić information content (AvgIpc) is 2.92. The van der Waals surface area contributed by atoms with Crippen molar-refractivity contribution in [2.45, 2.75) is 6.42 Å². The topological polar surface area (TPSA) is 37.8 Å². The Kier molecular flexibility index (Phi) is 3.19. The van der Waals surface area contributed by atoms with Crippen LogP contribution in [0.1, 0.15) is 4.88 Å². The zero-order valence-electron chi connectivity index (χ0n) is 9.84. The van der Waals surface area contributed by atoms with Gasteiger partial charge < -0.3 is 5.32 Å². The minimum absolute atomic E-state index is 0.913. The summed E-state index contributed by atoms with van der Waals surface area (Å²) in [5, 5.41) is 14.8. The Balaban J connectivity index is 1.74. The molecule has 2 heterocycles. The predicted molar refractivity (Wildman–Crippen MR) is 76.1 cm³/mol. The molecule has 0 amide bonds. The molecule has 90 valence electrons. The van der Waals surface area contributed by atoms with Crippen molar-refractivity contribution in [1.29, 1.82) is 0 Å². The lowest BCUT2D eigenvalue weighted by Crippen LogP contribution is -2.05. The molecule has 0 aliphatic carbocycles. The summed E-state index contributed by atoms with van der Waals surface area (Å²) in [7, 11) is 0. The van der Waals surface area contributed by atoms with E-state index in [-0.39, 0.29) is 0 Å². The summed E-state index contributed by atoms with van der Waals surface area (Å²) in [6.45, 7) is 0.913. The van der Waals surface area contributed by atoms with Crippen molar-refractivity contribution in [1.82, 2.24) is 10.2 Å². The maximum atomic E-state index is 4.11. The van der Waals surface area contributed by atoms with Crippen LogP contribution in [0, 0.1) is 0 Å². The molecule has 1 N–H and O–H groups in total. The Labute approximate surface area is 109 Å². The van der Waals surface area contributed by atoms with Crippen molar-refractivity contribution in [3.63, 3.8) is 0 Å². The maximum absolute atomic E-state index is 4.11. The lowest BCUT2D eigenvalue weighted by Gasteiger charge is -2.07. The van der Waals surface area contributed by atoms with Gasteiger partial charge in [-0.05, 0) is 23.9 Å². The van der Waals surface area contributed by atoms with Gasteiger partial charge in [0.05, 0.1) is 17.4 Å². The minimum Gasteiger partial charge on any atom is -0.383 e. The van der Waals surface area contributed by atoms with Gasteiger partial charge in [-0.25, -0.2) is 0 Å². The first-order valence-electron chi connectivity index (χ1n) is 5.90. The van der Waals surface area contributed by atoms with Crippen molar-refractivity contribution in [2.75, 3.05) is 11.9 Å². The van der Waals surface area contributed by atoms with Crippen LogP contribution in [-0.4, -0.2) is 16.7 Å². The van der Waals surface area contributed by atoms with Crippen molar-refractivity contribution >= 4 is 27.9 Å². The molecule has 3 nitrogen and oxygen atoms in total. The Morgan fingerprint density at radius 3 is 2.94 bits per heavy atom. The minimum atomic E-state index is 0.913. The largest absolute Gasteiger partial charge is 0.383 e. The molecule has 0 radical (unpaired) electrons. The number of anilines is 1. The molecule has 0 spiro atoms. The fourth-order valence-corrected chi connectivity index (χ4v) is 2.63. The molecule has 4 heteroatoms. The second kappa shape index (κ2) is 5.14. The predicted octanol–water partition coefficient (Wildman–Crippen LogP) is 3.35. The SMILES string of the molecule is c1csc(CCNc2cnnc3ccccc23)c1. The lowest BCUT2D eigenvalue weighted by molar-refractivity contribution is 1.03. The van der Waals surface area contributed by atoms with Crippen LogP contribution in [0.4, 0.5) is 5.69 Å². The molecule has 0 saturated heterocycles. The van der Waals surface area contributed by atoms with Crippen LogP contribution in [-0.2, 0) is 6.42 Å². The molecule has 3 rings (SSSR count). The van der Waals surface area contributed by atoms with E-state index in [0.29, 0.717) is 0 Å². The van der Waals surface area contributed by atoms with Crippen LogP contribution < -0.4 is 5.32 Å². The van der Waals surface area contributed by atoms with Gasteiger partial charge in [0.25, 0.3) is 0 Å². The fourth-order valence-electron chi connectivity index (χ4n) is 1.92. The third kappa shape index (κ3) is 2.33. The first kappa shape index (κ1) is 11.2. The number of rotatable bonds is 4. The van der Waals surface area contributed by atoms with Crippen LogP contribution in [0.15, 0.2) is 48.0 Å². The summed E-state index contributed by atoms with van der Waals surface area (Å²) < 4.78 is 0. The second-order valence-corrected chi connectivity index (χ2v) is 5.06. The van der Waals surface area contributed by atoms with Crippen molar-refractivity contribution in [3.8, 4) is 0 Å². The van der Waals surface area contributed by atoms with Gasteiger partial charge in [-0.3, -0.25) is 0 Å². The summed E-state index contributed by atoms with van der Waals surface area (Å²) in [5.74, 6) is 0. The van der Waals surface area contributed by atoms with Crippen LogP contribution >= 0.6 is 11.3 Å². The number of nitrogens with one attached hydrogen (secondary N) is 1.